The van der Waals surface area contributed by atoms with E-state index in [0.29, 0.717) is 23.1 Å². The predicted molar refractivity (Wildman–Crippen MR) is 395 cm³/mol. The van der Waals surface area contributed by atoms with Crippen molar-refractivity contribution in [3.63, 3.8) is 0 Å². The number of ketones is 6. The minimum Gasteiger partial charge on any atom is -0.363 e. The molecule has 529 valence electrons. The first-order chi connectivity index (χ1) is 42.1. The van der Waals surface area contributed by atoms with Gasteiger partial charge in [-0.15, -0.1) is 12.4 Å². The van der Waals surface area contributed by atoms with Gasteiger partial charge < -0.3 is 14.3 Å². The second kappa shape index (κ2) is 40.7. The van der Waals surface area contributed by atoms with Gasteiger partial charge in [-0.1, -0.05) is 174 Å². The van der Waals surface area contributed by atoms with Crippen molar-refractivity contribution in [2.24, 2.45) is 38.4 Å². The normalized spacial score (nSPS) is 15.4. The topological polar surface area (TPSA) is 156 Å². The van der Waals surface area contributed by atoms with Gasteiger partial charge >= 0.3 is 0 Å². The van der Waals surface area contributed by atoms with Crippen molar-refractivity contribution in [2.45, 2.75) is 288 Å². The van der Waals surface area contributed by atoms with E-state index in [1.807, 2.05) is 170 Å². The van der Waals surface area contributed by atoms with Crippen molar-refractivity contribution in [1.29, 1.82) is 0 Å². The Morgan fingerprint density at radius 2 is 0.989 bits per heavy atom. The molecule has 0 amide bonds. The number of Topliss-reactive ketones (excluding diaryl/α,β-unsaturated/α-hetero) is 3. The van der Waals surface area contributed by atoms with Gasteiger partial charge in [0.05, 0.1) is 11.2 Å². The van der Waals surface area contributed by atoms with E-state index in [1.54, 1.807) is 30.5 Å². The summed E-state index contributed by atoms with van der Waals surface area (Å²) in [6.45, 7) is 69.3. The Morgan fingerprint density at radius 3 is 1.20 bits per heavy atom. The molecule has 1 unspecified atom stereocenters. The number of aromatic nitrogens is 6. The molecule has 4 aliphatic carbocycles. The standard InChI is InChI=1S/C11H18O.2C10H16O.2C9H14N2.C9H14O.C9H16O.C7H11N2.C7H12O.Re/c1-11(2,3)10(12)9-7-5-4-6-8-9;1-10(2,3)8-6-4-5-7-9(8)11;1-10(2,3)9(11)8-6-4-5-7-8;1-5-8-10-6-7-11(8)9(2,3)4;1-5-8-6-7-11(10-8)9(2,3)4;1-9(2,3)8(10)7-5-4-6-7;1-7(2)6-8(10)9(3,4)5;1-7(2,3)9-6-4-5-8-9;1-5-6(8)7(2,3)4;/h7H,4-6,8H2,1-3H3;5,7-8H,4,6H2,1-3H3;6H,4-5,7H2,1-3H3;2*5-7H,1H2,2-4H3;5H,4,6H2,1-3H3;6H,1-5H3;4,6H,1-3H3;5H,1H2,2-4H3;/q;;;;;;;-1;;. The summed E-state index contributed by atoms with van der Waals surface area (Å²) in [7, 11) is 0. The third-order valence-corrected chi connectivity index (χ3v) is 14.7. The van der Waals surface area contributed by atoms with Gasteiger partial charge in [0, 0.05) is 83.1 Å². The molecule has 1 radical (unpaired) electrons. The van der Waals surface area contributed by atoms with Crippen LogP contribution in [0, 0.1) is 44.6 Å². The maximum atomic E-state index is 11.8. The molecule has 0 bridgehead atoms. The summed E-state index contributed by atoms with van der Waals surface area (Å²) in [5, 5.41) is 8.28. The molecule has 13 heteroatoms. The second-order valence-electron chi connectivity index (χ2n) is 33.7. The van der Waals surface area contributed by atoms with Crippen molar-refractivity contribution in [2.75, 3.05) is 0 Å². The summed E-state index contributed by atoms with van der Waals surface area (Å²) >= 11 is 0. The molecule has 12 nitrogen and oxygen atoms in total. The molecule has 94 heavy (non-hydrogen) atoms. The van der Waals surface area contributed by atoms with Crippen LogP contribution in [-0.4, -0.2) is 63.8 Å². The molecule has 0 N–H and O–H groups in total. The first kappa shape index (κ1) is 92.4. The zero-order chi connectivity index (χ0) is 73.0. The number of allylic oxidation sites excluding steroid dienone is 11. The van der Waals surface area contributed by atoms with Gasteiger partial charge in [-0.25, -0.2) is 4.98 Å². The van der Waals surface area contributed by atoms with Crippen LogP contribution in [-0.2, 0) is 65.8 Å². The smallest absolute Gasteiger partial charge is 0.163 e. The zero-order valence-electron chi connectivity index (χ0n) is 64.6. The first-order valence-electron chi connectivity index (χ1n) is 33.6. The maximum absolute atomic E-state index is 11.8. The van der Waals surface area contributed by atoms with Crippen LogP contribution in [0.15, 0.2) is 121 Å². The number of hydrogen-bond donors (Lipinski definition) is 0. The van der Waals surface area contributed by atoms with Gasteiger partial charge in [-0.05, 0) is 205 Å². The number of imidazole rings is 1. The van der Waals surface area contributed by atoms with Crippen LogP contribution in [0.2, 0.25) is 0 Å². The first-order valence-corrected chi connectivity index (χ1v) is 33.6. The van der Waals surface area contributed by atoms with Crippen LogP contribution >= 0.6 is 0 Å². The second-order valence-corrected chi connectivity index (χ2v) is 33.7. The van der Waals surface area contributed by atoms with Gasteiger partial charge in [0.2, 0.25) is 0 Å². The van der Waals surface area contributed by atoms with E-state index in [4.69, 9.17) is 0 Å². The maximum Gasteiger partial charge on any atom is 0.163 e. The van der Waals surface area contributed by atoms with E-state index in [-0.39, 0.29) is 87.0 Å². The third kappa shape index (κ3) is 38.1. The fourth-order valence-electron chi connectivity index (χ4n) is 8.69. The number of hydrogen-bond acceptors (Lipinski definition) is 9. The van der Waals surface area contributed by atoms with E-state index in [9.17, 15) is 28.8 Å². The van der Waals surface area contributed by atoms with E-state index >= 15 is 0 Å². The SMILES string of the molecule is C=CC(=O)C(C)(C)C.C=Cc1ccn(C(C)(C)C)n1.C=Cc1nccn1C(C)(C)C.CC(C)(C)C(=O)C1=CCC1.CC(C)(C)C(=O)C1=CCCC1.CC(C)(C)C(=O)C1=CCCCC1.CC(C)(C)C1CCC=CC1=O.CC(C)(C)n1cc[c-]n1.CC(C)=CC(=O)C(C)(C)C.[Re]. The third-order valence-electron chi connectivity index (χ3n) is 14.7. The molecule has 3 heterocycles. The fraction of sp³-hybridized carbons (Fsp3) is 0.617. The van der Waals surface area contributed by atoms with Crippen LogP contribution in [0.3, 0.4) is 0 Å². The van der Waals surface area contributed by atoms with Crippen LogP contribution < -0.4 is 0 Å². The molecular formula is C81H131N6O6Re-. The average molecular weight is 1470 g/mol. The van der Waals surface area contributed by atoms with Crippen LogP contribution in [0.1, 0.15) is 283 Å². The monoisotopic (exact) mass is 1470 g/mol. The Labute approximate surface area is 587 Å². The fourth-order valence-corrected chi connectivity index (χ4v) is 8.69. The van der Waals surface area contributed by atoms with E-state index in [0.717, 1.165) is 91.6 Å². The van der Waals surface area contributed by atoms with Crippen LogP contribution in [0.25, 0.3) is 12.2 Å². The summed E-state index contributed by atoms with van der Waals surface area (Å²) < 4.78 is 5.91. The van der Waals surface area contributed by atoms with Crippen molar-refractivity contribution in [1.82, 2.24) is 29.1 Å². The average Bonchev–Trinajstić information content (AvgIpc) is 0.912. The molecule has 4 aliphatic rings. The summed E-state index contributed by atoms with van der Waals surface area (Å²) in [4.78, 5) is 72.1. The molecule has 1 atom stereocenters. The molecule has 3 aromatic heterocycles. The van der Waals surface area contributed by atoms with Crippen molar-refractivity contribution in [3.05, 3.63) is 139 Å². The largest absolute Gasteiger partial charge is 0.363 e. The molecule has 0 saturated heterocycles. The van der Waals surface area contributed by atoms with Crippen LogP contribution in [0.5, 0.6) is 0 Å². The Morgan fingerprint density at radius 1 is 0.532 bits per heavy atom. The van der Waals surface area contributed by atoms with E-state index < -0.39 is 0 Å². The quantitative estimate of drug-likeness (QED) is 0.166. The van der Waals surface area contributed by atoms with Crippen molar-refractivity contribution < 1.29 is 49.2 Å². The van der Waals surface area contributed by atoms with E-state index in [1.165, 1.54) is 18.9 Å². The molecule has 3 aromatic rings. The summed E-state index contributed by atoms with van der Waals surface area (Å²) in [6.07, 6.45) is 38.9. The minimum atomic E-state index is -0.248. The number of carbonyl (C=O) groups excluding carboxylic acids is 6. The Hall–Kier alpha value is -5.77. The molecule has 0 fully saturated rings. The van der Waals surface area contributed by atoms with Crippen LogP contribution in [0.4, 0.5) is 0 Å². The van der Waals surface area contributed by atoms with Crippen molar-refractivity contribution in [3.8, 4) is 0 Å². The molecule has 0 saturated carbocycles. The summed E-state index contributed by atoms with van der Waals surface area (Å²) in [5.74, 6) is 2.76. The number of carbonyl (C=O) groups is 6. The Balaban J connectivity index is -0.000000992. The Bertz CT molecular complexity index is 3010. The van der Waals surface area contributed by atoms with Gasteiger partial charge in [-0.2, -0.15) is 11.2 Å². The number of nitrogens with zero attached hydrogens (tertiary/aromatic N) is 6. The molecule has 7 rings (SSSR count). The molecular weight excluding hydrogens is 1340 g/mol. The molecule has 0 spiro atoms. The van der Waals surface area contributed by atoms with Gasteiger partial charge in [-0.3, -0.25) is 33.4 Å². The van der Waals surface area contributed by atoms with Gasteiger partial charge in [0.15, 0.2) is 34.7 Å². The molecule has 0 aliphatic heterocycles. The summed E-state index contributed by atoms with van der Waals surface area (Å²) in [5.41, 5.74) is 4.53. The summed E-state index contributed by atoms with van der Waals surface area (Å²) in [6, 6.07) is 3.77. The molecule has 0 aromatic carbocycles. The minimum absolute atomic E-state index is 0. The predicted octanol–water partition coefficient (Wildman–Crippen LogP) is 21.1. The van der Waals surface area contributed by atoms with Crippen molar-refractivity contribution >= 4 is 46.9 Å². The zero-order valence-corrected chi connectivity index (χ0v) is 67.4. The van der Waals surface area contributed by atoms with E-state index in [2.05, 4.69) is 141 Å². The Kier molecular flexibility index (Phi) is 40.0. The van der Waals surface area contributed by atoms with Gasteiger partial charge in [0.1, 0.15) is 5.82 Å². The van der Waals surface area contributed by atoms with Gasteiger partial charge in [0.25, 0.3) is 0 Å². The number of rotatable bonds is 7.